The van der Waals surface area contributed by atoms with Gasteiger partial charge in [-0.15, -0.1) is 0 Å². The van der Waals surface area contributed by atoms with Crippen molar-refractivity contribution < 1.29 is 14.3 Å². The molecule has 132 valence electrons. The van der Waals surface area contributed by atoms with Gasteiger partial charge in [0.05, 0.1) is 20.1 Å². The van der Waals surface area contributed by atoms with Gasteiger partial charge < -0.3 is 15.0 Å². The number of ether oxygens (including phenoxy) is 1. The lowest BCUT2D eigenvalue weighted by Crippen LogP contribution is -2.35. The number of hydrogen-bond acceptors (Lipinski definition) is 3. The molecule has 0 aliphatic rings. The number of nitrogens with one attached hydrogen (secondary N) is 1. The second-order valence-electron chi connectivity index (χ2n) is 6.07. The summed E-state index contributed by atoms with van der Waals surface area (Å²) in [7, 11) is 3.22. The number of nitrogens with zero attached hydrogens (tertiary/aromatic N) is 1. The van der Waals surface area contributed by atoms with Gasteiger partial charge in [0.15, 0.2) is 0 Å². The van der Waals surface area contributed by atoms with Gasteiger partial charge >= 0.3 is 0 Å². The lowest BCUT2D eigenvalue weighted by molar-refractivity contribution is -0.132. The van der Waals surface area contributed by atoms with E-state index in [-0.39, 0.29) is 24.8 Å². The Balaban J connectivity index is 1.93. The minimum Gasteiger partial charge on any atom is -0.497 e. The third-order valence-electron chi connectivity index (χ3n) is 4.17. The van der Waals surface area contributed by atoms with Crippen molar-refractivity contribution in [2.45, 2.75) is 20.3 Å². The van der Waals surface area contributed by atoms with E-state index in [1.807, 2.05) is 56.3 Å². The summed E-state index contributed by atoms with van der Waals surface area (Å²) in [5.41, 5.74) is 3.77. The molecule has 5 heteroatoms. The number of rotatable bonds is 6. The highest BCUT2D eigenvalue weighted by Crippen LogP contribution is 2.18. The number of hydrogen-bond donors (Lipinski definition) is 1. The molecule has 5 nitrogen and oxygen atoms in total. The van der Waals surface area contributed by atoms with Crippen LogP contribution in [0.3, 0.4) is 0 Å². The van der Waals surface area contributed by atoms with E-state index < -0.39 is 0 Å². The standard InChI is InChI=1S/C20H24N2O3/c1-14-7-5-10-18(15(14)2)21-19(23)13-22(3)20(24)12-16-8-6-9-17(11-16)25-4/h5-11H,12-13H2,1-4H3,(H,21,23). The van der Waals surface area contributed by atoms with Crippen molar-refractivity contribution in [1.82, 2.24) is 4.90 Å². The van der Waals surface area contributed by atoms with Crippen molar-refractivity contribution in [2.24, 2.45) is 0 Å². The predicted molar refractivity (Wildman–Crippen MR) is 98.9 cm³/mol. The summed E-state index contributed by atoms with van der Waals surface area (Å²) in [6.07, 6.45) is 0.227. The molecule has 0 bridgehead atoms. The average molecular weight is 340 g/mol. The molecular formula is C20H24N2O3. The monoisotopic (exact) mass is 340 g/mol. The van der Waals surface area contributed by atoms with Crippen molar-refractivity contribution >= 4 is 17.5 Å². The first kappa shape index (κ1) is 18.5. The van der Waals surface area contributed by atoms with Crippen LogP contribution in [0, 0.1) is 13.8 Å². The quantitative estimate of drug-likeness (QED) is 0.879. The summed E-state index contributed by atoms with van der Waals surface area (Å²) in [5.74, 6) is 0.375. The van der Waals surface area contributed by atoms with Crippen LogP contribution in [0.1, 0.15) is 16.7 Å². The zero-order valence-electron chi connectivity index (χ0n) is 15.1. The van der Waals surface area contributed by atoms with Gasteiger partial charge in [-0.2, -0.15) is 0 Å². The number of carbonyl (C=O) groups excluding carboxylic acids is 2. The predicted octanol–water partition coefficient (Wildman–Crippen LogP) is 2.95. The van der Waals surface area contributed by atoms with Gasteiger partial charge in [-0.3, -0.25) is 9.59 Å². The van der Waals surface area contributed by atoms with Crippen LogP contribution in [0.15, 0.2) is 42.5 Å². The Morgan fingerprint density at radius 1 is 1.12 bits per heavy atom. The van der Waals surface area contributed by atoms with Crippen LogP contribution in [0.25, 0.3) is 0 Å². The number of carbonyl (C=O) groups is 2. The fraction of sp³-hybridized carbons (Fsp3) is 0.300. The minimum atomic E-state index is -0.213. The highest BCUT2D eigenvalue weighted by Gasteiger charge is 2.14. The minimum absolute atomic E-state index is 0.0101. The first-order valence-corrected chi connectivity index (χ1v) is 8.13. The zero-order valence-corrected chi connectivity index (χ0v) is 15.1. The first-order chi connectivity index (χ1) is 11.9. The molecule has 1 N–H and O–H groups in total. The molecule has 0 aliphatic carbocycles. The summed E-state index contributed by atoms with van der Waals surface area (Å²) in [6, 6.07) is 13.1. The molecule has 0 saturated carbocycles. The maximum atomic E-state index is 12.3. The normalized spacial score (nSPS) is 10.2. The molecule has 0 unspecified atom stereocenters. The average Bonchev–Trinajstić information content (AvgIpc) is 2.59. The first-order valence-electron chi connectivity index (χ1n) is 8.13. The van der Waals surface area contributed by atoms with Gasteiger partial charge in [0.1, 0.15) is 5.75 Å². The van der Waals surface area contributed by atoms with Gasteiger partial charge in [-0.25, -0.2) is 0 Å². The van der Waals surface area contributed by atoms with Crippen molar-refractivity contribution in [3.8, 4) is 5.75 Å². The highest BCUT2D eigenvalue weighted by molar-refractivity contribution is 5.95. The molecule has 0 heterocycles. The summed E-state index contributed by atoms with van der Waals surface area (Å²) in [6.45, 7) is 3.97. The Kier molecular flexibility index (Phi) is 6.17. The summed E-state index contributed by atoms with van der Waals surface area (Å²) >= 11 is 0. The van der Waals surface area contributed by atoms with E-state index >= 15 is 0 Å². The molecule has 2 amide bonds. The number of benzene rings is 2. The Morgan fingerprint density at radius 3 is 2.56 bits per heavy atom. The maximum absolute atomic E-state index is 12.3. The van der Waals surface area contributed by atoms with Crippen LogP contribution in [0.4, 0.5) is 5.69 Å². The molecular weight excluding hydrogens is 316 g/mol. The fourth-order valence-corrected chi connectivity index (χ4v) is 2.47. The molecule has 2 aromatic carbocycles. The Morgan fingerprint density at radius 2 is 1.84 bits per heavy atom. The molecule has 0 atom stereocenters. The second-order valence-corrected chi connectivity index (χ2v) is 6.07. The SMILES string of the molecule is COc1cccc(CC(=O)N(C)CC(=O)Nc2cccc(C)c2C)c1. The highest BCUT2D eigenvalue weighted by atomic mass is 16.5. The summed E-state index contributed by atoms with van der Waals surface area (Å²) in [4.78, 5) is 26.0. The van der Waals surface area contributed by atoms with Crippen LogP contribution in [-0.4, -0.2) is 37.4 Å². The molecule has 2 rings (SSSR count). The lowest BCUT2D eigenvalue weighted by atomic mass is 10.1. The molecule has 0 fully saturated rings. The van der Waals surface area contributed by atoms with Crippen LogP contribution >= 0.6 is 0 Å². The van der Waals surface area contributed by atoms with Gasteiger partial charge in [-0.1, -0.05) is 24.3 Å². The molecule has 0 radical (unpaired) electrons. The lowest BCUT2D eigenvalue weighted by Gasteiger charge is -2.18. The van der Waals surface area contributed by atoms with Gasteiger partial charge in [0, 0.05) is 12.7 Å². The van der Waals surface area contributed by atoms with E-state index in [4.69, 9.17) is 4.74 Å². The fourth-order valence-electron chi connectivity index (χ4n) is 2.47. The number of likely N-dealkylation sites (N-methyl/N-ethyl adjacent to an activating group) is 1. The van der Waals surface area contributed by atoms with Crippen LogP contribution < -0.4 is 10.1 Å². The van der Waals surface area contributed by atoms with Crippen LogP contribution in [0.5, 0.6) is 5.75 Å². The largest absolute Gasteiger partial charge is 0.497 e. The third-order valence-corrected chi connectivity index (χ3v) is 4.17. The van der Waals surface area contributed by atoms with E-state index in [1.54, 1.807) is 14.2 Å². The Hall–Kier alpha value is -2.82. The molecule has 0 aliphatic heterocycles. The van der Waals surface area contributed by atoms with Gasteiger partial charge in [-0.05, 0) is 48.7 Å². The molecule has 0 spiro atoms. The molecule has 0 saturated heterocycles. The van der Waals surface area contributed by atoms with Crippen LogP contribution in [0.2, 0.25) is 0 Å². The number of methoxy groups -OCH3 is 1. The smallest absolute Gasteiger partial charge is 0.243 e. The summed E-state index contributed by atoms with van der Waals surface area (Å²) < 4.78 is 5.16. The Labute approximate surface area is 148 Å². The number of aryl methyl sites for hydroxylation is 1. The molecule has 0 aromatic heterocycles. The third kappa shape index (κ3) is 5.08. The molecule has 25 heavy (non-hydrogen) atoms. The van der Waals surface area contributed by atoms with Gasteiger partial charge in [0.25, 0.3) is 0 Å². The topological polar surface area (TPSA) is 58.6 Å². The van der Waals surface area contributed by atoms with Crippen molar-refractivity contribution in [3.05, 3.63) is 59.2 Å². The van der Waals surface area contributed by atoms with E-state index in [0.29, 0.717) is 5.75 Å². The van der Waals surface area contributed by atoms with Crippen molar-refractivity contribution in [1.29, 1.82) is 0 Å². The van der Waals surface area contributed by atoms with E-state index in [9.17, 15) is 9.59 Å². The number of anilines is 1. The van der Waals surface area contributed by atoms with E-state index in [2.05, 4.69) is 5.32 Å². The van der Waals surface area contributed by atoms with E-state index in [1.165, 1.54) is 4.90 Å². The summed E-state index contributed by atoms with van der Waals surface area (Å²) in [5, 5.41) is 2.87. The van der Waals surface area contributed by atoms with Gasteiger partial charge in [0.2, 0.25) is 11.8 Å². The number of amides is 2. The molecule has 2 aromatic rings. The van der Waals surface area contributed by atoms with E-state index in [0.717, 1.165) is 22.4 Å². The van der Waals surface area contributed by atoms with Crippen LogP contribution in [-0.2, 0) is 16.0 Å². The second kappa shape index (κ2) is 8.33. The maximum Gasteiger partial charge on any atom is 0.243 e. The van der Waals surface area contributed by atoms with Crippen molar-refractivity contribution in [3.63, 3.8) is 0 Å². The zero-order chi connectivity index (χ0) is 18.4. The van der Waals surface area contributed by atoms with Crippen molar-refractivity contribution in [2.75, 3.05) is 26.0 Å². The Bertz CT molecular complexity index is 771.